The van der Waals surface area contributed by atoms with Crippen LogP contribution in [-0.4, -0.2) is 9.85 Å². The zero-order chi connectivity index (χ0) is 16.3. The first-order chi connectivity index (χ1) is 10.4. The van der Waals surface area contributed by atoms with Crippen LogP contribution in [0, 0.1) is 34.1 Å². The topological polar surface area (TPSA) is 110 Å². The molecule has 0 aromatic heterocycles. The van der Waals surface area contributed by atoms with E-state index >= 15 is 0 Å². The number of nitrogens with zero attached hydrogens (tertiary/aromatic N) is 2. The summed E-state index contributed by atoms with van der Waals surface area (Å²) in [6.45, 7) is 3.28. The second kappa shape index (κ2) is 6.08. The number of benzene rings is 2. The van der Waals surface area contributed by atoms with Gasteiger partial charge < -0.3 is 5.43 Å². The third-order valence-electron chi connectivity index (χ3n) is 3.17. The van der Waals surface area contributed by atoms with Crippen LogP contribution in [0.15, 0.2) is 36.4 Å². The molecule has 2 aromatic rings. The molecule has 8 heteroatoms. The Labute approximate surface area is 126 Å². The number of hydrogen-bond donors (Lipinski definition) is 2. The summed E-state index contributed by atoms with van der Waals surface area (Å²) in [6.07, 6.45) is 0. The number of rotatable bonds is 5. The highest BCUT2D eigenvalue weighted by Crippen LogP contribution is 2.28. The maximum Gasteiger partial charge on any atom is 0.296 e. The summed E-state index contributed by atoms with van der Waals surface area (Å²) in [6, 6.07) is 9.50. The van der Waals surface area contributed by atoms with Crippen LogP contribution in [0.1, 0.15) is 11.1 Å². The third kappa shape index (κ3) is 3.11. The summed E-state index contributed by atoms with van der Waals surface area (Å²) in [5.41, 5.74) is 7.19. The fourth-order valence-electron chi connectivity index (χ4n) is 2.03. The van der Waals surface area contributed by atoms with Gasteiger partial charge >= 0.3 is 0 Å². The molecule has 0 radical (unpaired) electrons. The smallest absolute Gasteiger partial charge is 0.296 e. The Hall–Kier alpha value is -3.16. The van der Waals surface area contributed by atoms with Crippen molar-refractivity contribution in [3.63, 3.8) is 0 Å². The van der Waals surface area contributed by atoms with Crippen molar-refractivity contribution in [1.82, 2.24) is 0 Å². The molecule has 0 aliphatic carbocycles. The summed E-state index contributed by atoms with van der Waals surface area (Å²) >= 11 is 0. The van der Waals surface area contributed by atoms with Crippen molar-refractivity contribution in [3.05, 3.63) is 67.8 Å². The first kappa shape index (κ1) is 15.2. The number of hydrazine groups is 1. The van der Waals surface area contributed by atoms with Crippen LogP contribution >= 0.6 is 0 Å². The molecular weight excluding hydrogens is 288 g/mol. The van der Waals surface area contributed by atoms with E-state index in [9.17, 15) is 20.2 Å². The van der Waals surface area contributed by atoms with Crippen LogP contribution in [0.4, 0.5) is 22.7 Å². The second-order valence-corrected chi connectivity index (χ2v) is 4.74. The van der Waals surface area contributed by atoms with E-state index < -0.39 is 9.85 Å². The molecule has 0 atom stereocenters. The Morgan fingerprint density at radius 2 is 1.64 bits per heavy atom. The maximum absolute atomic E-state index is 11.1. The quantitative estimate of drug-likeness (QED) is 0.645. The van der Waals surface area contributed by atoms with Crippen molar-refractivity contribution >= 4 is 22.7 Å². The average Bonchev–Trinajstić information content (AvgIpc) is 2.45. The fourth-order valence-corrected chi connectivity index (χ4v) is 2.03. The van der Waals surface area contributed by atoms with Gasteiger partial charge in [-0.25, -0.2) is 0 Å². The molecule has 0 unspecified atom stereocenters. The molecule has 0 saturated heterocycles. The Morgan fingerprint density at radius 3 is 2.27 bits per heavy atom. The predicted molar refractivity (Wildman–Crippen MR) is 82.9 cm³/mol. The predicted octanol–water partition coefficient (Wildman–Crippen LogP) is 3.56. The molecule has 0 amide bonds. The van der Waals surface area contributed by atoms with E-state index in [0.717, 1.165) is 0 Å². The number of aryl methyl sites for hydroxylation is 2. The van der Waals surface area contributed by atoms with E-state index in [-0.39, 0.29) is 17.1 Å². The molecule has 0 spiro atoms. The highest BCUT2D eigenvalue weighted by molar-refractivity contribution is 5.68. The number of hydrogen-bond acceptors (Lipinski definition) is 6. The first-order valence-corrected chi connectivity index (χ1v) is 6.41. The molecule has 0 heterocycles. The molecule has 0 fully saturated rings. The van der Waals surface area contributed by atoms with Crippen molar-refractivity contribution in [2.75, 3.05) is 10.9 Å². The van der Waals surface area contributed by atoms with Crippen LogP contribution in [-0.2, 0) is 0 Å². The van der Waals surface area contributed by atoms with Gasteiger partial charge in [0, 0.05) is 17.2 Å². The Morgan fingerprint density at radius 1 is 0.909 bits per heavy atom. The van der Waals surface area contributed by atoms with Crippen molar-refractivity contribution < 1.29 is 9.85 Å². The largest absolute Gasteiger partial charge is 0.300 e. The number of nitro groups is 2. The van der Waals surface area contributed by atoms with Gasteiger partial charge in [0.1, 0.15) is 5.69 Å². The number of nitrogens with one attached hydrogen (secondary N) is 2. The minimum absolute atomic E-state index is 0.0226. The van der Waals surface area contributed by atoms with E-state index in [1.54, 1.807) is 44.2 Å². The van der Waals surface area contributed by atoms with Crippen LogP contribution in [0.2, 0.25) is 0 Å². The molecular formula is C14H14N4O4. The summed E-state index contributed by atoms with van der Waals surface area (Å²) in [4.78, 5) is 21.0. The van der Waals surface area contributed by atoms with Crippen LogP contribution in [0.5, 0.6) is 0 Å². The van der Waals surface area contributed by atoms with Gasteiger partial charge in [0.2, 0.25) is 0 Å². The summed E-state index contributed by atoms with van der Waals surface area (Å²) in [7, 11) is 0. The SMILES string of the molecule is Cc1ccc(NNc2cccc(C)c2[N+](=O)[O-])cc1[N+](=O)[O-]. The lowest BCUT2D eigenvalue weighted by molar-refractivity contribution is -0.385. The molecule has 0 aliphatic rings. The molecule has 0 bridgehead atoms. The lowest BCUT2D eigenvalue weighted by Gasteiger charge is -2.11. The van der Waals surface area contributed by atoms with Crippen molar-refractivity contribution in [2.45, 2.75) is 13.8 Å². The molecule has 2 aromatic carbocycles. The van der Waals surface area contributed by atoms with Crippen molar-refractivity contribution in [3.8, 4) is 0 Å². The zero-order valence-electron chi connectivity index (χ0n) is 12.0. The minimum atomic E-state index is -0.477. The van der Waals surface area contributed by atoms with Crippen molar-refractivity contribution in [1.29, 1.82) is 0 Å². The number of nitro benzene ring substituents is 2. The minimum Gasteiger partial charge on any atom is -0.300 e. The Kier molecular flexibility index (Phi) is 4.21. The van der Waals surface area contributed by atoms with Gasteiger partial charge in [-0.1, -0.05) is 18.2 Å². The number of anilines is 2. The zero-order valence-corrected chi connectivity index (χ0v) is 12.0. The van der Waals surface area contributed by atoms with Crippen LogP contribution < -0.4 is 10.9 Å². The number of para-hydroxylation sites is 1. The molecule has 0 saturated carbocycles. The maximum atomic E-state index is 11.1. The molecule has 0 aliphatic heterocycles. The monoisotopic (exact) mass is 302 g/mol. The highest BCUT2D eigenvalue weighted by atomic mass is 16.6. The Balaban J connectivity index is 2.24. The van der Waals surface area contributed by atoms with Crippen LogP contribution in [0.25, 0.3) is 0 Å². The summed E-state index contributed by atoms with van der Waals surface area (Å²) in [5.74, 6) is 0. The molecule has 2 rings (SSSR count). The van der Waals surface area contributed by atoms with Crippen molar-refractivity contribution in [2.24, 2.45) is 0 Å². The first-order valence-electron chi connectivity index (χ1n) is 6.41. The van der Waals surface area contributed by atoms with Gasteiger partial charge in [0.25, 0.3) is 11.4 Å². The highest BCUT2D eigenvalue weighted by Gasteiger charge is 2.17. The van der Waals surface area contributed by atoms with Crippen LogP contribution in [0.3, 0.4) is 0 Å². The van der Waals surface area contributed by atoms with Gasteiger partial charge in [0.05, 0.1) is 15.5 Å². The van der Waals surface area contributed by atoms with Gasteiger partial charge in [-0.05, 0) is 26.0 Å². The summed E-state index contributed by atoms with van der Waals surface area (Å²) < 4.78 is 0. The Bertz CT molecular complexity index is 746. The lowest BCUT2D eigenvalue weighted by Crippen LogP contribution is -2.11. The van der Waals surface area contributed by atoms with Gasteiger partial charge in [-0.15, -0.1) is 0 Å². The third-order valence-corrected chi connectivity index (χ3v) is 3.17. The van der Waals surface area contributed by atoms with E-state index in [2.05, 4.69) is 10.9 Å². The van der Waals surface area contributed by atoms with E-state index in [1.165, 1.54) is 6.07 Å². The standard InChI is InChI=1S/C14H14N4O4/c1-9-6-7-11(8-13(9)17(19)20)15-16-12-5-3-4-10(2)14(12)18(21)22/h3-8,15-16H,1-2H3. The van der Waals surface area contributed by atoms with E-state index in [0.29, 0.717) is 16.8 Å². The molecule has 2 N–H and O–H groups in total. The summed E-state index contributed by atoms with van der Waals surface area (Å²) in [5, 5.41) is 22.0. The van der Waals surface area contributed by atoms with E-state index in [1.807, 2.05) is 0 Å². The van der Waals surface area contributed by atoms with Gasteiger partial charge in [-0.3, -0.25) is 25.7 Å². The lowest BCUT2D eigenvalue weighted by atomic mass is 10.2. The molecule has 114 valence electrons. The normalized spacial score (nSPS) is 10.1. The van der Waals surface area contributed by atoms with E-state index in [4.69, 9.17) is 0 Å². The fraction of sp³-hybridized carbons (Fsp3) is 0.143. The second-order valence-electron chi connectivity index (χ2n) is 4.74. The average molecular weight is 302 g/mol. The molecule has 8 nitrogen and oxygen atoms in total. The van der Waals surface area contributed by atoms with Gasteiger partial charge in [-0.2, -0.15) is 0 Å². The molecule has 22 heavy (non-hydrogen) atoms. The van der Waals surface area contributed by atoms with Gasteiger partial charge in [0.15, 0.2) is 0 Å².